The monoisotopic (exact) mass is 409 g/mol. The fourth-order valence-electron chi connectivity index (χ4n) is 4.49. The average molecular weight is 409 g/mol. The summed E-state index contributed by atoms with van der Waals surface area (Å²) >= 11 is 0. The Morgan fingerprint density at radius 2 is 1.74 bits per heavy atom. The number of hydrogen-bond acceptors (Lipinski definition) is 3. The van der Waals surface area contributed by atoms with Gasteiger partial charge >= 0.3 is 0 Å². The van der Waals surface area contributed by atoms with Crippen molar-refractivity contribution in [1.82, 2.24) is 9.88 Å². The molecule has 0 bridgehead atoms. The maximum atomic E-state index is 10.9. The highest BCUT2D eigenvalue weighted by Gasteiger charge is 2.29. The Morgan fingerprint density at radius 1 is 1.00 bits per heavy atom. The molecule has 154 valence electrons. The number of nitrogens with zero attached hydrogens (tertiary/aromatic N) is 2. The van der Waals surface area contributed by atoms with Crippen LogP contribution in [0.15, 0.2) is 91.1 Å². The normalized spacial score (nSPS) is 16.0. The van der Waals surface area contributed by atoms with Gasteiger partial charge in [0.15, 0.2) is 0 Å². The van der Waals surface area contributed by atoms with Crippen LogP contribution in [0.4, 0.5) is 5.69 Å². The van der Waals surface area contributed by atoms with E-state index >= 15 is 0 Å². The van der Waals surface area contributed by atoms with E-state index in [0.717, 1.165) is 24.9 Å². The molecule has 1 unspecified atom stereocenters. The highest BCUT2D eigenvalue weighted by Crippen LogP contribution is 2.38. The topological polar surface area (TPSA) is 62.2 Å². The molecule has 5 heteroatoms. The van der Waals surface area contributed by atoms with Crippen molar-refractivity contribution in [3.05, 3.63) is 124 Å². The van der Waals surface area contributed by atoms with Crippen LogP contribution >= 0.6 is 0 Å². The summed E-state index contributed by atoms with van der Waals surface area (Å²) in [5.74, 6) is 0. The zero-order valence-corrected chi connectivity index (χ0v) is 17.1. The second-order valence-corrected chi connectivity index (χ2v) is 7.88. The van der Waals surface area contributed by atoms with Gasteiger partial charge in [0.2, 0.25) is 0 Å². The van der Waals surface area contributed by atoms with Crippen molar-refractivity contribution >= 4 is 16.6 Å². The van der Waals surface area contributed by atoms with Gasteiger partial charge in [-0.3, -0.25) is 10.1 Å². The van der Waals surface area contributed by atoms with E-state index < -0.39 is 0 Å². The van der Waals surface area contributed by atoms with E-state index in [1.54, 1.807) is 12.1 Å². The second-order valence-electron chi connectivity index (χ2n) is 7.88. The van der Waals surface area contributed by atoms with Gasteiger partial charge in [0, 0.05) is 35.3 Å². The predicted molar refractivity (Wildman–Crippen MR) is 123 cm³/mol. The number of fused-ring (bicyclic) bond motifs is 3. The fraction of sp³-hybridized carbons (Fsp3) is 0.154. The van der Waals surface area contributed by atoms with Crippen LogP contribution < -0.4 is 0 Å². The predicted octanol–water partition coefficient (Wildman–Crippen LogP) is 5.78. The Balaban J connectivity index is 1.45. The molecule has 1 N–H and O–H groups in total. The highest BCUT2D eigenvalue weighted by atomic mass is 16.6. The van der Waals surface area contributed by atoms with Gasteiger partial charge in [-0.25, -0.2) is 0 Å². The van der Waals surface area contributed by atoms with Crippen LogP contribution in [0.5, 0.6) is 0 Å². The molecule has 0 aliphatic carbocycles. The number of nitro benzene ring substituents is 1. The van der Waals surface area contributed by atoms with Gasteiger partial charge in [-0.1, -0.05) is 66.7 Å². The van der Waals surface area contributed by atoms with E-state index in [1.165, 1.54) is 27.7 Å². The molecule has 2 heterocycles. The molecule has 3 aromatic carbocycles. The highest BCUT2D eigenvalue weighted by molar-refractivity contribution is 5.85. The number of nitro groups is 1. The first-order valence-corrected chi connectivity index (χ1v) is 10.5. The lowest BCUT2D eigenvalue weighted by Crippen LogP contribution is -2.32. The number of nitrogens with one attached hydrogen (secondary N) is 1. The Labute approximate surface area is 180 Å². The maximum Gasteiger partial charge on any atom is 0.269 e. The minimum Gasteiger partial charge on any atom is -0.365 e. The molecule has 4 aromatic rings. The van der Waals surface area contributed by atoms with Crippen molar-refractivity contribution in [2.24, 2.45) is 0 Å². The third-order valence-electron chi connectivity index (χ3n) is 5.98. The van der Waals surface area contributed by atoms with Gasteiger partial charge in [0.05, 0.1) is 11.0 Å². The number of allylic oxidation sites excluding steroid dienone is 1. The molecule has 0 radical (unpaired) electrons. The summed E-state index contributed by atoms with van der Waals surface area (Å²) < 4.78 is 0. The third kappa shape index (κ3) is 3.70. The number of rotatable bonds is 5. The van der Waals surface area contributed by atoms with Gasteiger partial charge in [0.1, 0.15) is 0 Å². The van der Waals surface area contributed by atoms with Crippen molar-refractivity contribution in [2.75, 3.05) is 6.54 Å². The van der Waals surface area contributed by atoms with Crippen LogP contribution in [-0.4, -0.2) is 21.4 Å². The van der Waals surface area contributed by atoms with E-state index in [2.05, 4.69) is 70.7 Å². The van der Waals surface area contributed by atoms with Gasteiger partial charge in [-0.2, -0.15) is 0 Å². The molecule has 1 aliphatic rings. The lowest BCUT2D eigenvalue weighted by Gasteiger charge is -2.35. The lowest BCUT2D eigenvalue weighted by molar-refractivity contribution is -0.384. The molecule has 1 aromatic heterocycles. The van der Waals surface area contributed by atoms with Crippen LogP contribution in [0, 0.1) is 10.1 Å². The Morgan fingerprint density at radius 3 is 2.52 bits per heavy atom. The molecular formula is C26H23N3O2. The van der Waals surface area contributed by atoms with Crippen molar-refractivity contribution in [2.45, 2.75) is 18.9 Å². The summed E-state index contributed by atoms with van der Waals surface area (Å²) in [6, 6.07) is 26.0. The molecule has 1 aliphatic heterocycles. The second kappa shape index (κ2) is 8.11. The third-order valence-corrected chi connectivity index (χ3v) is 5.98. The van der Waals surface area contributed by atoms with Crippen LogP contribution in [0.2, 0.25) is 0 Å². The van der Waals surface area contributed by atoms with E-state index in [1.807, 2.05) is 18.2 Å². The minimum absolute atomic E-state index is 0.124. The van der Waals surface area contributed by atoms with Gasteiger partial charge in [-0.15, -0.1) is 0 Å². The van der Waals surface area contributed by atoms with Gasteiger partial charge in [0.25, 0.3) is 5.69 Å². The summed E-state index contributed by atoms with van der Waals surface area (Å²) in [4.78, 5) is 16.6. The van der Waals surface area contributed by atoms with Crippen LogP contribution in [-0.2, 0) is 12.8 Å². The maximum absolute atomic E-state index is 10.9. The molecule has 0 fully saturated rings. The molecular weight excluding hydrogens is 386 g/mol. The first-order chi connectivity index (χ1) is 15.2. The van der Waals surface area contributed by atoms with Crippen molar-refractivity contribution in [1.29, 1.82) is 0 Å². The minimum atomic E-state index is -0.365. The quantitative estimate of drug-likeness (QED) is 0.336. The fourth-order valence-corrected chi connectivity index (χ4v) is 4.49. The standard InChI is InChI=1S/C26H23N3O2/c30-29(31)21-14-12-19(13-15-21)7-6-17-28-18-16-23-22-10-4-5-11-24(22)27-25(23)26(28)20-8-2-1-3-9-20/h1-6,8-15,17,26-27H,7,16,18H2/b17-6+. The van der Waals surface area contributed by atoms with Gasteiger partial charge < -0.3 is 9.88 Å². The van der Waals surface area contributed by atoms with E-state index in [4.69, 9.17) is 0 Å². The summed E-state index contributed by atoms with van der Waals surface area (Å²) in [5.41, 5.74) is 6.30. The zero-order valence-electron chi connectivity index (χ0n) is 17.1. The first-order valence-electron chi connectivity index (χ1n) is 10.5. The summed E-state index contributed by atoms with van der Waals surface area (Å²) in [6.07, 6.45) is 6.04. The van der Waals surface area contributed by atoms with Crippen LogP contribution in [0.1, 0.15) is 28.4 Å². The molecule has 5 rings (SSSR count). The Hall–Kier alpha value is -3.86. The largest absolute Gasteiger partial charge is 0.365 e. The molecule has 0 amide bonds. The number of benzene rings is 3. The Bertz CT molecular complexity index is 1240. The van der Waals surface area contributed by atoms with E-state index in [-0.39, 0.29) is 16.7 Å². The molecule has 5 nitrogen and oxygen atoms in total. The van der Waals surface area contributed by atoms with Crippen molar-refractivity contribution < 1.29 is 4.92 Å². The number of para-hydroxylation sites is 1. The van der Waals surface area contributed by atoms with E-state index in [0.29, 0.717) is 0 Å². The summed E-state index contributed by atoms with van der Waals surface area (Å²) in [5, 5.41) is 12.2. The number of hydrogen-bond donors (Lipinski definition) is 1. The number of H-pyrrole nitrogens is 1. The van der Waals surface area contributed by atoms with E-state index in [9.17, 15) is 10.1 Å². The molecule has 0 saturated carbocycles. The van der Waals surface area contributed by atoms with Crippen molar-refractivity contribution in [3.63, 3.8) is 0 Å². The molecule has 0 saturated heterocycles. The smallest absolute Gasteiger partial charge is 0.269 e. The van der Waals surface area contributed by atoms with Gasteiger partial charge in [-0.05, 0) is 41.8 Å². The summed E-state index contributed by atoms with van der Waals surface area (Å²) in [6.45, 7) is 0.936. The Kier molecular flexibility index (Phi) is 5.00. The first kappa shape index (κ1) is 19.1. The average Bonchev–Trinajstić information content (AvgIpc) is 3.18. The van der Waals surface area contributed by atoms with Crippen LogP contribution in [0.25, 0.3) is 10.9 Å². The molecule has 1 atom stereocenters. The zero-order chi connectivity index (χ0) is 21.2. The SMILES string of the molecule is O=[N+]([O-])c1ccc(C/C=C/N2CCc3c([nH]c4ccccc34)C2c2ccccc2)cc1. The summed E-state index contributed by atoms with van der Waals surface area (Å²) in [7, 11) is 0. The lowest BCUT2D eigenvalue weighted by atomic mass is 9.92. The molecule has 31 heavy (non-hydrogen) atoms. The van der Waals surface area contributed by atoms with Crippen molar-refractivity contribution in [3.8, 4) is 0 Å². The number of aromatic amines is 1. The number of aromatic nitrogens is 1. The van der Waals surface area contributed by atoms with Crippen LogP contribution in [0.3, 0.4) is 0 Å². The number of non-ortho nitro benzene ring substituents is 1. The molecule has 0 spiro atoms.